The van der Waals surface area contributed by atoms with Gasteiger partial charge in [-0.15, -0.1) is 15.3 Å². The summed E-state index contributed by atoms with van der Waals surface area (Å²) in [6.45, 7) is 0.438. The molecule has 0 spiro atoms. The first kappa shape index (κ1) is 19.1. The minimum absolute atomic E-state index is 0.0362. The van der Waals surface area contributed by atoms with Gasteiger partial charge in [0.15, 0.2) is 5.65 Å². The van der Waals surface area contributed by atoms with Gasteiger partial charge in [-0.05, 0) is 29.3 Å². The molecule has 0 amide bonds. The lowest BCUT2D eigenvalue weighted by Gasteiger charge is -2.18. The lowest BCUT2D eigenvalue weighted by Crippen LogP contribution is -2.17. The zero-order chi connectivity index (χ0) is 21.4. The number of para-hydroxylation sites is 1. The minimum atomic E-state index is -4.64. The number of hydrogen-bond acceptors (Lipinski definition) is 4. The first-order chi connectivity index (χ1) is 15.0. The molecule has 0 fully saturated rings. The first-order valence-electron chi connectivity index (χ1n) is 9.65. The maximum Gasteiger partial charge on any atom is 0.453 e. The highest BCUT2D eigenvalue weighted by atomic mass is 19.4. The number of aromatic nitrogens is 5. The summed E-state index contributed by atoms with van der Waals surface area (Å²) in [5.74, 6) is -0.890. The van der Waals surface area contributed by atoms with Gasteiger partial charge >= 0.3 is 6.18 Å². The Hall–Kier alpha value is -3.88. The number of aromatic amines is 1. The fourth-order valence-electron chi connectivity index (χ4n) is 3.74. The van der Waals surface area contributed by atoms with Crippen molar-refractivity contribution in [3.05, 3.63) is 89.9 Å². The second kappa shape index (κ2) is 7.42. The maximum atomic E-state index is 13.2. The smallest absolute Gasteiger partial charge is 0.368 e. The number of rotatable bonds is 5. The van der Waals surface area contributed by atoms with Crippen LogP contribution in [0.5, 0.6) is 0 Å². The summed E-state index contributed by atoms with van der Waals surface area (Å²) >= 11 is 0. The number of anilines is 1. The monoisotopic (exact) mass is 422 g/mol. The first-order valence-corrected chi connectivity index (χ1v) is 9.65. The molecule has 3 heterocycles. The molecule has 6 nitrogen and oxygen atoms in total. The van der Waals surface area contributed by atoms with Crippen molar-refractivity contribution in [2.75, 3.05) is 11.9 Å². The van der Waals surface area contributed by atoms with Gasteiger partial charge in [-0.25, -0.2) is 0 Å². The van der Waals surface area contributed by atoms with E-state index in [0.717, 1.165) is 22.0 Å². The summed E-state index contributed by atoms with van der Waals surface area (Å²) in [7, 11) is 0. The summed E-state index contributed by atoms with van der Waals surface area (Å²) in [5.41, 5.74) is 3.24. The van der Waals surface area contributed by atoms with Crippen molar-refractivity contribution in [1.82, 2.24) is 24.8 Å². The van der Waals surface area contributed by atoms with Gasteiger partial charge in [0.25, 0.3) is 5.82 Å². The Labute approximate surface area is 174 Å². The maximum absolute atomic E-state index is 13.2. The second-order valence-corrected chi connectivity index (χ2v) is 7.14. The van der Waals surface area contributed by atoms with E-state index in [4.69, 9.17) is 0 Å². The van der Waals surface area contributed by atoms with Crippen LogP contribution in [-0.4, -0.2) is 31.3 Å². The highest BCUT2D eigenvalue weighted by molar-refractivity contribution is 5.84. The van der Waals surface area contributed by atoms with Crippen LogP contribution in [0.3, 0.4) is 0 Å². The third kappa shape index (κ3) is 3.58. The van der Waals surface area contributed by atoms with Crippen molar-refractivity contribution >= 4 is 22.4 Å². The molecule has 31 heavy (non-hydrogen) atoms. The van der Waals surface area contributed by atoms with E-state index in [-0.39, 0.29) is 11.6 Å². The van der Waals surface area contributed by atoms with Gasteiger partial charge in [0, 0.05) is 29.6 Å². The van der Waals surface area contributed by atoms with E-state index in [2.05, 4.69) is 25.6 Å². The number of benzene rings is 2. The van der Waals surface area contributed by atoms with Gasteiger partial charge < -0.3 is 10.3 Å². The highest BCUT2D eigenvalue weighted by Gasteiger charge is 2.37. The van der Waals surface area contributed by atoms with Gasteiger partial charge in [0.2, 0.25) is 0 Å². The molecule has 0 saturated heterocycles. The summed E-state index contributed by atoms with van der Waals surface area (Å²) in [5, 5.41) is 15.1. The summed E-state index contributed by atoms with van der Waals surface area (Å²) in [4.78, 5) is 3.29. The predicted octanol–water partition coefficient (Wildman–Crippen LogP) is 4.87. The molecule has 2 aromatic carbocycles. The van der Waals surface area contributed by atoms with Crippen LogP contribution < -0.4 is 5.32 Å². The van der Waals surface area contributed by atoms with E-state index in [1.54, 1.807) is 6.07 Å². The van der Waals surface area contributed by atoms with Crippen LogP contribution in [0.25, 0.3) is 16.6 Å². The lowest BCUT2D eigenvalue weighted by atomic mass is 9.91. The Kier molecular flexibility index (Phi) is 4.58. The fraction of sp³-hybridized carbons (Fsp3) is 0.136. The topological polar surface area (TPSA) is 70.9 Å². The summed E-state index contributed by atoms with van der Waals surface area (Å²) < 4.78 is 40.2. The SMILES string of the molecule is FC(F)(F)c1nnc2ccc(NCC(c3ccccc3)c3c[nH]c4ccccc34)nn12. The number of nitrogens with one attached hydrogen (secondary N) is 2. The molecular formula is C22H17F3N6. The molecular weight excluding hydrogens is 405 g/mol. The molecule has 1 unspecified atom stereocenters. The number of fused-ring (bicyclic) bond motifs is 2. The van der Waals surface area contributed by atoms with Crippen LogP contribution in [0.1, 0.15) is 22.9 Å². The number of halogens is 3. The molecule has 0 aliphatic heterocycles. The van der Waals surface area contributed by atoms with Crippen LogP contribution in [0, 0.1) is 0 Å². The molecule has 156 valence electrons. The molecule has 0 aliphatic rings. The standard InChI is InChI=1S/C22H17F3N6/c23-22(24,25)21-29-28-20-11-10-19(30-31(20)21)27-12-16(14-6-2-1-3-7-14)17-13-26-18-9-5-4-8-15(17)18/h1-11,13,16,26H,12H2,(H,27,30). The Morgan fingerprint density at radius 1 is 0.935 bits per heavy atom. The largest absolute Gasteiger partial charge is 0.453 e. The normalized spacial score (nSPS) is 13.0. The second-order valence-electron chi connectivity index (χ2n) is 7.14. The van der Waals surface area contributed by atoms with Gasteiger partial charge in [-0.2, -0.15) is 17.7 Å². The van der Waals surface area contributed by atoms with Crippen LogP contribution >= 0.6 is 0 Å². The van der Waals surface area contributed by atoms with Gasteiger partial charge in [-0.1, -0.05) is 48.5 Å². The van der Waals surface area contributed by atoms with Crippen LogP contribution in [0.4, 0.5) is 19.0 Å². The molecule has 5 rings (SSSR count). The van der Waals surface area contributed by atoms with E-state index in [9.17, 15) is 13.2 Å². The molecule has 0 bridgehead atoms. The van der Waals surface area contributed by atoms with E-state index in [0.29, 0.717) is 16.9 Å². The van der Waals surface area contributed by atoms with Crippen molar-refractivity contribution in [2.45, 2.75) is 12.1 Å². The summed E-state index contributed by atoms with van der Waals surface area (Å²) in [6.07, 6.45) is -2.66. The molecule has 2 N–H and O–H groups in total. The molecule has 0 aliphatic carbocycles. The van der Waals surface area contributed by atoms with Gasteiger partial charge in [0.1, 0.15) is 5.82 Å². The number of alkyl halides is 3. The van der Waals surface area contributed by atoms with Crippen LogP contribution in [-0.2, 0) is 6.18 Å². The number of H-pyrrole nitrogens is 1. The van der Waals surface area contributed by atoms with Crippen LogP contribution in [0.15, 0.2) is 72.9 Å². The zero-order valence-electron chi connectivity index (χ0n) is 16.1. The van der Waals surface area contributed by atoms with Crippen molar-refractivity contribution in [2.24, 2.45) is 0 Å². The Morgan fingerprint density at radius 2 is 1.71 bits per heavy atom. The van der Waals surface area contributed by atoms with Gasteiger partial charge in [-0.3, -0.25) is 0 Å². The zero-order valence-corrected chi connectivity index (χ0v) is 16.1. The fourth-order valence-corrected chi connectivity index (χ4v) is 3.74. The van der Waals surface area contributed by atoms with E-state index >= 15 is 0 Å². The Bertz CT molecular complexity index is 1340. The van der Waals surface area contributed by atoms with Crippen molar-refractivity contribution < 1.29 is 13.2 Å². The van der Waals surface area contributed by atoms with Crippen LogP contribution in [0.2, 0.25) is 0 Å². The average Bonchev–Trinajstić information content (AvgIpc) is 3.39. The number of hydrogen-bond donors (Lipinski definition) is 2. The third-order valence-corrected chi connectivity index (χ3v) is 5.20. The van der Waals surface area contributed by atoms with E-state index in [1.807, 2.05) is 60.8 Å². The Balaban J connectivity index is 1.49. The molecule has 0 saturated carbocycles. The van der Waals surface area contributed by atoms with Crippen molar-refractivity contribution in [3.63, 3.8) is 0 Å². The predicted molar refractivity (Wildman–Crippen MR) is 111 cm³/mol. The lowest BCUT2D eigenvalue weighted by molar-refractivity contribution is -0.146. The molecule has 5 aromatic rings. The molecule has 9 heteroatoms. The molecule has 1 atom stereocenters. The van der Waals surface area contributed by atoms with Crippen molar-refractivity contribution in [1.29, 1.82) is 0 Å². The van der Waals surface area contributed by atoms with E-state index in [1.165, 1.54) is 6.07 Å². The molecule has 3 aromatic heterocycles. The molecule has 0 radical (unpaired) electrons. The highest BCUT2D eigenvalue weighted by Crippen LogP contribution is 2.31. The average molecular weight is 422 g/mol. The number of nitrogens with zero attached hydrogens (tertiary/aromatic N) is 4. The summed E-state index contributed by atoms with van der Waals surface area (Å²) in [6, 6.07) is 21.0. The van der Waals surface area contributed by atoms with Crippen molar-refractivity contribution in [3.8, 4) is 0 Å². The van der Waals surface area contributed by atoms with Gasteiger partial charge in [0.05, 0.1) is 0 Å². The minimum Gasteiger partial charge on any atom is -0.368 e. The Morgan fingerprint density at radius 3 is 2.52 bits per heavy atom. The quantitative estimate of drug-likeness (QED) is 0.424. The third-order valence-electron chi connectivity index (χ3n) is 5.20. The van der Waals surface area contributed by atoms with E-state index < -0.39 is 12.0 Å².